The van der Waals surface area contributed by atoms with Crippen molar-refractivity contribution in [3.05, 3.63) is 30.0 Å². The number of furan rings is 1. The Hall–Kier alpha value is -1.48. The van der Waals surface area contributed by atoms with E-state index in [1.807, 2.05) is 25.2 Å². The highest BCUT2D eigenvalue weighted by atomic mass is 16.5. The van der Waals surface area contributed by atoms with Crippen LogP contribution in [0.4, 0.5) is 0 Å². The maximum absolute atomic E-state index is 5.86. The molecule has 0 fully saturated rings. The predicted octanol–water partition coefficient (Wildman–Crippen LogP) is 3.50. The van der Waals surface area contributed by atoms with Crippen LogP contribution in [0.25, 0.3) is 11.0 Å². The number of fused-ring (bicyclic) bond motifs is 1. The monoisotopic (exact) mass is 233 g/mol. The molecular formula is C14H19NO2. The van der Waals surface area contributed by atoms with Crippen LogP contribution in [0.2, 0.25) is 0 Å². The normalized spacial score (nSPS) is 12.9. The number of ether oxygens (including phenoxy) is 1. The summed E-state index contributed by atoms with van der Waals surface area (Å²) in [6.07, 6.45) is 0.997. The second-order valence-electron chi connectivity index (χ2n) is 4.18. The van der Waals surface area contributed by atoms with Gasteiger partial charge in [0.2, 0.25) is 0 Å². The van der Waals surface area contributed by atoms with E-state index in [4.69, 9.17) is 9.15 Å². The lowest BCUT2D eigenvalue weighted by Gasteiger charge is -2.06. The molecule has 3 nitrogen and oxygen atoms in total. The third kappa shape index (κ3) is 2.44. The Morgan fingerprint density at radius 2 is 2.24 bits per heavy atom. The lowest BCUT2D eigenvalue weighted by atomic mass is 10.2. The lowest BCUT2D eigenvalue weighted by Crippen LogP contribution is -2.10. The first-order chi connectivity index (χ1) is 8.26. The van der Waals surface area contributed by atoms with Crippen molar-refractivity contribution in [1.29, 1.82) is 0 Å². The fourth-order valence-corrected chi connectivity index (χ4v) is 1.74. The molecule has 1 aromatic heterocycles. The topological polar surface area (TPSA) is 34.4 Å². The summed E-state index contributed by atoms with van der Waals surface area (Å²) in [4.78, 5) is 0. The van der Waals surface area contributed by atoms with Gasteiger partial charge in [-0.05, 0) is 32.5 Å². The van der Waals surface area contributed by atoms with Gasteiger partial charge in [0.05, 0.1) is 12.6 Å². The van der Waals surface area contributed by atoms with Gasteiger partial charge in [-0.25, -0.2) is 0 Å². The molecule has 0 aliphatic rings. The number of para-hydroxylation sites is 1. The van der Waals surface area contributed by atoms with Crippen molar-refractivity contribution in [2.45, 2.75) is 26.3 Å². The van der Waals surface area contributed by atoms with Crippen molar-refractivity contribution in [1.82, 2.24) is 5.32 Å². The Bertz CT molecular complexity index is 490. The summed E-state index contributed by atoms with van der Waals surface area (Å²) in [5.74, 6) is 1.77. The minimum absolute atomic E-state index is 0.210. The van der Waals surface area contributed by atoms with Crippen LogP contribution >= 0.6 is 0 Å². The molecule has 1 heterocycles. The summed E-state index contributed by atoms with van der Waals surface area (Å²) in [5.41, 5.74) is 0.845. The Kier molecular flexibility index (Phi) is 3.69. The summed E-state index contributed by atoms with van der Waals surface area (Å²) in [6.45, 7) is 4.89. The Morgan fingerprint density at radius 3 is 2.94 bits per heavy atom. The van der Waals surface area contributed by atoms with E-state index in [0.29, 0.717) is 0 Å². The Balaban J connectivity index is 2.38. The molecule has 0 aliphatic heterocycles. The molecule has 3 heteroatoms. The molecule has 0 saturated carbocycles. The van der Waals surface area contributed by atoms with Gasteiger partial charge in [-0.3, -0.25) is 0 Å². The van der Waals surface area contributed by atoms with Crippen molar-refractivity contribution in [3.63, 3.8) is 0 Å². The first kappa shape index (κ1) is 12.0. The van der Waals surface area contributed by atoms with Crippen LogP contribution in [0.15, 0.2) is 28.7 Å². The standard InChI is InChI=1S/C14H19NO2/c1-4-8-16-12-7-5-6-11-9-13(10(2)15-3)17-14(11)12/h5-7,9-10,15H,4,8H2,1-3H3. The molecule has 0 aliphatic carbocycles. The average Bonchev–Trinajstić information content (AvgIpc) is 2.79. The first-order valence-corrected chi connectivity index (χ1v) is 6.08. The number of hydrogen-bond donors (Lipinski definition) is 1. The van der Waals surface area contributed by atoms with Gasteiger partial charge in [0.15, 0.2) is 11.3 Å². The molecule has 1 atom stereocenters. The van der Waals surface area contributed by atoms with Crippen molar-refractivity contribution < 1.29 is 9.15 Å². The maximum Gasteiger partial charge on any atom is 0.176 e. The highest BCUT2D eigenvalue weighted by molar-refractivity contribution is 5.83. The summed E-state index contributed by atoms with van der Waals surface area (Å²) in [7, 11) is 1.92. The maximum atomic E-state index is 5.86. The fraction of sp³-hybridized carbons (Fsp3) is 0.429. The molecule has 0 amide bonds. The van der Waals surface area contributed by atoms with Gasteiger partial charge < -0.3 is 14.5 Å². The third-order valence-electron chi connectivity index (χ3n) is 2.85. The number of benzene rings is 1. The van der Waals surface area contributed by atoms with Gasteiger partial charge >= 0.3 is 0 Å². The van der Waals surface area contributed by atoms with E-state index in [1.165, 1.54) is 0 Å². The van der Waals surface area contributed by atoms with Crippen molar-refractivity contribution in [2.24, 2.45) is 0 Å². The molecule has 1 N–H and O–H groups in total. The van der Waals surface area contributed by atoms with E-state index in [9.17, 15) is 0 Å². The van der Waals surface area contributed by atoms with Crippen LogP contribution in [0.5, 0.6) is 5.75 Å². The van der Waals surface area contributed by atoms with E-state index < -0.39 is 0 Å². The molecule has 1 aromatic carbocycles. The van der Waals surface area contributed by atoms with E-state index >= 15 is 0 Å². The zero-order valence-corrected chi connectivity index (χ0v) is 10.6. The van der Waals surface area contributed by atoms with Gasteiger partial charge in [0.1, 0.15) is 5.76 Å². The van der Waals surface area contributed by atoms with Crippen LogP contribution in [-0.2, 0) is 0 Å². The Morgan fingerprint density at radius 1 is 1.41 bits per heavy atom. The van der Waals surface area contributed by atoms with Crippen molar-refractivity contribution in [2.75, 3.05) is 13.7 Å². The lowest BCUT2D eigenvalue weighted by molar-refractivity contribution is 0.315. The third-order valence-corrected chi connectivity index (χ3v) is 2.85. The minimum Gasteiger partial charge on any atom is -0.490 e. The second kappa shape index (κ2) is 5.23. The number of hydrogen-bond acceptors (Lipinski definition) is 3. The van der Waals surface area contributed by atoms with E-state index in [2.05, 4.69) is 25.2 Å². The molecule has 0 bridgehead atoms. The van der Waals surface area contributed by atoms with E-state index in [-0.39, 0.29) is 6.04 Å². The van der Waals surface area contributed by atoms with Crippen LogP contribution < -0.4 is 10.1 Å². The summed E-state index contributed by atoms with van der Waals surface area (Å²) < 4.78 is 11.5. The molecule has 0 spiro atoms. The van der Waals surface area contributed by atoms with Gasteiger partial charge in [0.25, 0.3) is 0 Å². The van der Waals surface area contributed by atoms with Crippen molar-refractivity contribution >= 4 is 11.0 Å². The summed E-state index contributed by atoms with van der Waals surface area (Å²) in [6, 6.07) is 8.27. The minimum atomic E-state index is 0.210. The molecule has 92 valence electrons. The quantitative estimate of drug-likeness (QED) is 0.858. The Labute approximate surface area is 102 Å². The number of rotatable bonds is 5. The molecule has 0 radical (unpaired) electrons. The molecule has 1 unspecified atom stereocenters. The summed E-state index contributed by atoms with van der Waals surface area (Å²) in [5, 5.41) is 4.26. The van der Waals surface area contributed by atoms with Crippen LogP contribution in [0.1, 0.15) is 32.1 Å². The summed E-state index contributed by atoms with van der Waals surface area (Å²) >= 11 is 0. The zero-order valence-electron chi connectivity index (χ0n) is 10.6. The van der Waals surface area contributed by atoms with Crippen LogP contribution in [0.3, 0.4) is 0 Å². The average molecular weight is 233 g/mol. The molecule has 17 heavy (non-hydrogen) atoms. The first-order valence-electron chi connectivity index (χ1n) is 6.08. The van der Waals surface area contributed by atoms with E-state index in [1.54, 1.807) is 0 Å². The highest BCUT2D eigenvalue weighted by Gasteiger charge is 2.12. The van der Waals surface area contributed by atoms with Gasteiger partial charge in [-0.15, -0.1) is 0 Å². The highest BCUT2D eigenvalue weighted by Crippen LogP contribution is 2.31. The largest absolute Gasteiger partial charge is 0.490 e. The fourth-order valence-electron chi connectivity index (χ4n) is 1.74. The predicted molar refractivity (Wildman–Crippen MR) is 69.5 cm³/mol. The molecule has 2 rings (SSSR count). The molecule has 0 saturated heterocycles. The van der Waals surface area contributed by atoms with Crippen LogP contribution in [0, 0.1) is 0 Å². The second-order valence-corrected chi connectivity index (χ2v) is 4.18. The SMILES string of the molecule is CCCOc1cccc2cc(C(C)NC)oc12. The van der Waals surface area contributed by atoms with Crippen molar-refractivity contribution in [3.8, 4) is 5.75 Å². The zero-order chi connectivity index (χ0) is 12.3. The number of nitrogens with one attached hydrogen (secondary N) is 1. The van der Waals surface area contributed by atoms with Gasteiger partial charge in [0, 0.05) is 5.39 Å². The van der Waals surface area contributed by atoms with E-state index in [0.717, 1.165) is 35.5 Å². The molecule has 2 aromatic rings. The van der Waals surface area contributed by atoms with Gasteiger partial charge in [-0.1, -0.05) is 19.1 Å². The van der Waals surface area contributed by atoms with Crippen LogP contribution in [-0.4, -0.2) is 13.7 Å². The molecular weight excluding hydrogens is 214 g/mol. The van der Waals surface area contributed by atoms with Gasteiger partial charge in [-0.2, -0.15) is 0 Å². The smallest absolute Gasteiger partial charge is 0.176 e.